The summed E-state index contributed by atoms with van der Waals surface area (Å²) in [5.41, 5.74) is 1.65. The summed E-state index contributed by atoms with van der Waals surface area (Å²) in [4.78, 5) is 39.1. The maximum atomic E-state index is 12.7. The molecular weight excluding hydrogens is 420 g/mol. The van der Waals surface area contributed by atoms with Crippen molar-refractivity contribution in [1.29, 1.82) is 10.5 Å². The number of nitriles is 2. The van der Waals surface area contributed by atoms with Crippen LogP contribution in [0.25, 0.3) is 0 Å². The molecule has 168 valence electrons. The smallest absolute Gasteiger partial charge is 0.309 e. The molecule has 0 aliphatic carbocycles. The van der Waals surface area contributed by atoms with Crippen molar-refractivity contribution in [3.63, 3.8) is 0 Å². The summed E-state index contributed by atoms with van der Waals surface area (Å²) in [5.74, 6) is -1.16. The largest absolute Gasteiger partial charge is 0.461 e. The van der Waals surface area contributed by atoms with Crippen LogP contribution in [0.15, 0.2) is 48.5 Å². The standard InChI is InChI=1S/C25H24N4O4/c1-17(16-28-23(30)21-6-2-4-18(12-21)14-26)33-25(32)20-8-10-29(11-9-20)24(31)22-7-3-5-19(13-22)15-27/h2-7,12-13,17,20H,8-11,16H2,1H3,(H,28,30)/t17-/m1/s1. The first-order valence-electron chi connectivity index (χ1n) is 10.7. The monoisotopic (exact) mass is 444 g/mol. The van der Waals surface area contributed by atoms with Crippen molar-refractivity contribution >= 4 is 17.8 Å². The first-order valence-corrected chi connectivity index (χ1v) is 10.7. The van der Waals surface area contributed by atoms with E-state index in [0.717, 1.165) is 0 Å². The second-order valence-corrected chi connectivity index (χ2v) is 7.91. The number of rotatable bonds is 6. The quantitative estimate of drug-likeness (QED) is 0.683. The van der Waals surface area contributed by atoms with Gasteiger partial charge in [-0.3, -0.25) is 14.4 Å². The van der Waals surface area contributed by atoms with Crippen LogP contribution in [0.5, 0.6) is 0 Å². The average Bonchev–Trinajstić information content (AvgIpc) is 2.86. The molecule has 1 fully saturated rings. The minimum Gasteiger partial charge on any atom is -0.461 e. The van der Waals surface area contributed by atoms with E-state index in [1.807, 2.05) is 12.1 Å². The SMILES string of the molecule is C[C@H](CNC(=O)c1cccc(C#N)c1)OC(=O)C1CCN(C(=O)c2cccc(C#N)c2)CC1. The van der Waals surface area contributed by atoms with Crippen LogP contribution in [0.1, 0.15) is 51.6 Å². The lowest BCUT2D eigenvalue weighted by Crippen LogP contribution is -2.41. The minimum absolute atomic E-state index is 0.147. The van der Waals surface area contributed by atoms with Gasteiger partial charge in [0.2, 0.25) is 0 Å². The molecule has 33 heavy (non-hydrogen) atoms. The Morgan fingerprint density at radius 1 is 1.03 bits per heavy atom. The van der Waals surface area contributed by atoms with E-state index in [0.29, 0.717) is 48.2 Å². The lowest BCUT2D eigenvalue weighted by atomic mass is 9.96. The average molecular weight is 444 g/mol. The van der Waals surface area contributed by atoms with Crippen LogP contribution in [0.3, 0.4) is 0 Å². The van der Waals surface area contributed by atoms with Gasteiger partial charge in [-0.25, -0.2) is 0 Å². The van der Waals surface area contributed by atoms with E-state index in [2.05, 4.69) is 5.32 Å². The Kier molecular flexibility index (Phi) is 7.77. The Hall–Kier alpha value is -4.17. The molecule has 2 aromatic carbocycles. The summed E-state index contributed by atoms with van der Waals surface area (Å²) in [6, 6.07) is 16.9. The van der Waals surface area contributed by atoms with Gasteiger partial charge < -0.3 is 15.0 Å². The van der Waals surface area contributed by atoms with E-state index in [9.17, 15) is 14.4 Å². The number of benzene rings is 2. The number of likely N-dealkylation sites (tertiary alicyclic amines) is 1. The summed E-state index contributed by atoms with van der Waals surface area (Å²) in [7, 11) is 0. The van der Waals surface area contributed by atoms with E-state index in [1.165, 1.54) is 6.07 Å². The molecule has 0 saturated carbocycles. The van der Waals surface area contributed by atoms with Crippen molar-refractivity contribution in [3.05, 3.63) is 70.8 Å². The van der Waals surface area contributed by atoms with Crippen LogP contribution in [-0.4, -0.2) is 48.4 Å². The normalized spacial score (nSPS) is 14.5. The maximum Gasteiger partial charge on any atom is 0.309 e. The molecule has 1 aliphatic heterocycles. The Morgan fingerprint density at radius 2 is 1.61 bits per heavy atom. The second kappa shape index (κ2) is 10.9. The molecule has 0 unspecified atom stereocenters. The molecule has 0 radical (unpaired) electrons. The Morgan fingerprint density at radius 3 is 2.21 bits per heavy atom. The Bertz CT molecular complexity index is 1120. The van der Waals surface area contributed by atoms with E-state index in [4.69, 9.17) is 15.3 Å². The van der Waals surface area contributed by atoms with E-state index < -0.39 is 6.10 Å². The van der Waals surface area contributed by atoms with Crippen LogP contribution >= 0.6 is 0 Å². The molecule has 3 rings (SSSR count). The van der Waals surface area contributed by atoms with Gasteiger partial charge in [0.15, 0.2) is 0 Å². The molecule has 8 nitrogen and oxygen atoms in total. The fourth-order valence-electron chi connectivity index (χ4n) is 3.63. The first kappa shape index (κ1) is 23.5. The number of nitrogens with zero attached hydrogens (tertiary/aromatic N) is 3. The Balaban J connectivity index is 1.44. The lowest BCUT2D eigenvalue weighted by molar-refractivity contribution is -0.154. The highest BCUT2D eigenvalue weighted by atomic mass is 16.5. The minimum atomic E-state index is -0.519. The topological polar surface area (TPSA) is 123 Å². The fraction of sp³-hybridized carbons (Fsp3) is 0.320. The molecule has 1 saturated heterocycles. The molecule has 8 heteroatoms. The zero-order valence-corrected chi connectivity index (χ0v) is 18.3. The van der Waals surface area contributed by atoms with Crippen LogP contribution in [0, 0.1) is 28.6 Å². The summed E-state index contributed by atoms with van der Waals surface area (Å²) < 4.78 is 5.49. The predicted molar refractivity (Wildman–Crippen MR) is 119 cm³/mol. The van der Waals surface area contributed by atoms with E-state index in [1.54, 1.807) is 54.3 Å². The molecule has 0 spiro atoms. The second-order valence-electron chi connectivity index (χ2n) is 7.91. The highest BCUT2D eigenvalue weighted by Crippen LogP contribution is 2.21. The number of piperidine rings is 1. The molecule has 1 heterocycles. The fourth-order valence-corrected chi connectivity index (χ4v) is 3.63. The first-order chi connectivity index (χ1) is 15.9. The number of amides is 2. The van der Waals surface area contributed by atoms with Crippen LogP contribution < -0.4 is 5.32 Å². The molecule has 1 atom stereocenters. The van der Waals surface area contributed by atoms with Crippen molar-refractivity contribution in [2.24, 2.45) is 5.92 Å². The van der Waals surface area contributed by atoms with Gasteiger partial charge in [0.1, 0.15) is 6.10 Å². The molecule has 1 N–H and O–H groups in total. The molecule has 0 bridgehead atoms. The number of hydrogen-bond donors (Lipinski definition) is 1. The van der Waals surface area contributed by atoms with Gasteiger partial charge in [-0.2, -0.15) is 10.5 Å². The van der Waals surface area contributed by atoms with Gasteiger partial charge in [0.05, 0.1) is 35.7 Å². The summed E-state index contributed by atoms with van der Waals surface area (Å²) in [5, 5.41) is 20.7. The third kappa shape index (κ3) is 6.18. The van der Waals surface area contributed by atoms with Gasteiger partial charge >= 0.3 is 5.97 Å². The molecule has 2 amide bonds. The van der Waals surface area contributed by atoms with Crippen molar-refractivity contribution in [2.45, 2.75) is 25.9 Å². The van der Waals surface area contributed by atoms with Gasteiger partial charge in [-0.05, 0) is 56.2 Å². The third-order valence-electron chi connectivity index (χ3n) is 5.48. The number of ether oxygens (including phenoxy) is 1. The molecule has 1 aliphatic rings. The van der Waals surface area contributed by atoms with Gasteiger partial charge in [-0.1, -0.05) is 12.1 Å². The summed E-state index contributed by atoms with van der Waals surface area (Å²) >= 11 is 0. The van der Waals surface area contributed by atoms with Crippen molar-refractivity contribution < 1.29 is 19.1 Å². The van der Waals surface area contributed by atoms with Crippen molar-refractivity contribution in [2.75, 3.05) is 19.6 Å². The zero-order chi connectivity index (χ0) is 23.8. The van der Waals surface area contributed by atoms with E-state index in [-0.39, 0.29) is 30.2 Å². The van der Waals surface area contributed by atoms with Crippen LogP contribution in [-0.2, 0) is 9.53 Å². The number of hydrogen-bond acceptors (Lipinski definition) is 6. The summed E-state index contributed by atoms with van der Waals surface area (Å²) in [6.07, 6.45) is 0.458. The highest BCUT2D eigenvalue weighted by molar-refractivity contribution is 5.95. The van der Waals surface area contributed by atoms with Crippen molar-refractivity contribution in [3.8, 4) is 12.1 Å². The van der Waals surface area contributed by atoms with Crippen LogP contribution in [0.4, 0.5) is 0 Å². The molecule has 2 aromatic rings. The highest BCUT2D eigenvalue weighted by Gasteiger charge is 2.29. The number of esters is 1. The van der Waals surface area contributed by atoms with Gasteiger partial charge in [0, 0.05) is 24.2 Å². The summed E-state index contributed by atoms with van der Waals surface area (Å²) in [6.45, 7) is 2.70. The van der Waals surface area contributed by atoms with Gasteiger partial charge in [0.25, 0.3) is 11.8 Å². The zero-order valence-electron chi connectivity index (χ0n) is 18.3. The number of carbonyl (C=O) groups is 3. The van der Waals surface area contributed by atoms with E-state index >= 15 is 0 Å². The Labute approximate surface area is 192 Å². The predicted octanol–water partition coefficient (Wildman–Crippen LogP) is 2.64. The van der Waals surface area contributed by atoms with Crippen LogP contribution in [0.2, 0.25) is 0 Å². The number of carbonyl (C=O) groups excluding carboxylic acids is 3. The molecular formula is C25H24N4O4. The van der Waals surface area contributed by atoms with Crippen molar-refractivity contribution in [1.82, 2.24) is 10.2 Å². The lowest BCUT2D eigenvalue weighted by Gasteiger charge is -2.31. The maximum absolute atomic E-state index is 12.7. The molecule has 0 aromatic heterocycles. The third-order valence-corrected chi connectivity index (χ3v) is 5.48. The van der Waals surface area contributed by atoms with Gasteiger partial charge in [-0.15, -0.1) is 0 Å². The number of nitrogens with one attached hydrogen (secondary N) is 1.